The normalized spacial score (nSPS) is 11.5. The fourth-order valence-electron chi connectivity index (χ4n) is 1.88. The Balaban J connectivity index is 2.40. The molecule has 1 heterocycles. The number of aryl methyl sites for hydroxylation is 1. The highest BCUT2D eigenvalue weighted by Crippen LogP contribution is 2.30. The minimum atomic E-state index is -1.02. The molecule has 0 fully saturated rings. The molecule has 2 N–H and O–H groups in total. The summed E-state index contributed by atoms with van der Waals surface area (Å²) in [5.41, 5.74) is 2.86. The Morgan fingerprint density at radius 1 is 1.28 bits per heavy atom. The van der Waals surface area contributed by atoms with Gasteiger partial charge in [0.2, 0.25) is 0 Å². The van der Waals surface area contributed by atoms with Gasteiger partial charge in [0.1, 0.15) is 0 Å². The molecule has 2 rings (SSSR count). The lowest BCUT2D eigenvalue weighted by Gasteiger charge is -2.23. The molecule has 0 aliphatic heterocycles. The van der Waals surface area contributed by atoms with Crippen LogP contribution in [0.5, 0.6) is 0 Å². The molecule has 0 aliphatic rings. The van der Waals surface area contributed by atoms with Gasteiger partial charge in [-0.1, -0.05) is 43.7 Å². The maximum absolute atomic E-state index is 10.8. The van der Waals surface area contributed by atoms with Crippen molar-refractivity contribution in [2.75, 3.05) is 0 Å². The molecule has 94 valence electrons. The molecule has 1 aromatic carbocycles. The number of aromatic nitrogens is 2. The fourth-order valence-corrected chi connectivity index (χ4v) is 1.88. The summed E-state index contributed by atoms with van der Waals surface area (Å²) < 4.78 is 0. The number of nitrogens with one attached hydrogen (secondary N) is 1. The summed E-state index contributed by atoms with van der Waals surface area (Å²) in [6.45, 7) is 6.11. The van der Waals surface area contributed by atoms with Gasteiger partial charge in [-0.05, 0) is 18.6 Å². The molecule has 0 atom stereocenters. The van der Waals surface area contributed by atoms with Gasteiger partial charge < -0.3 is 5.11 Å². The summed E-state index contributed by atoms with van der Waals surface area (Å²) in [6.07, 6.45) is 0. The first kappa shape index (κ1) is 12.4. The summed E-state index contributed by atoms with van der Waals surface area (Å²) in [4.78, 5) is 10.8. The highest BCUT2D eigenvalue weighted by atomic mass is 16.4. The molecular formula is C14H16N2O2. The lowest BCUT2D eigenvalue weighted by molar-refractivity contribution is 0.0690. The Bertz CT molecular complexity index is 568. The summed E-state index contributed by atoms with van der Waals surface area (Å²) in [6, 6.07) is 9.78. The number of carboxylic acids is 1. The zero-order valence-electron chi connectivity index (χ0n) is 10.7. The van der Waals surface area contributed by atoms with Crippen LogP contribution in [0.1, 0.15) is 41.2 Å². The summed E-state index contributed by atoms with van der Waals surface area (Å²) >= 11 is 0. The van der Waals surface area contributed by atoms with Gasteiger partial charge in [0, 0.05) is 11.1 Å². The minimum Gasteiger partial charge on any atom is -0.476 e. The van der Waals surface area contributed by atoms with Crippen LogP contribution in [0, 0.1) is 6.92 Å². The van der Waals surface area contributed by atoms with Crippen molar-refractivity contribution in [2.24, 2.45) is 0 Å². The van der Waals surface area contributed by atoms with E-state index in [1.54, 1.807) is 6.07 Å². The van der Waals surface area contributed by atoms with E-state index in [9.17, 15) is 4.79 Å². The van der Waals surface area contributed by atoms with Gasteiger partial charge in [-0.15, -0.1) is 0 Å². The zero-order valence-corrected chi connectivity index (χ0v) is 10.7. The zero-order chi connectivity index (χ0) is 13.3. The van der Waals surface area contributed by atoms with Crippen molar-refractivity contribution < 1.29 is 9.90 Å². The quantitative estimate of drug-likeness (QED) is 0.872. The van der Waals surface area contributed by atoms with Crippen molar-refractivity contribution in [1.29, 1.82) is 0 Å². The van der Waals surface area contributed by atoms with E-state index in [4.69, 9.17) is 5.11 Å². The number of hydrogen-bond acceptors (Lipinski definition) is 2. The van der Waals surface area contributed by atoms with Gasteiger partial charge in [0.25, 0.3) is 0 Å². The summed E-state index contributed by atoms with van der Waals surface area (Å²) in [7, 11) is 0. The lowest BCUT2D eigenvalue weighted by Crippen LogP contribution is -2.19. The molecular weight excluding hydrogens is 228 g/mol. The van der Waals surface area contributed by atoms with Crippen LogP contribution in [-0.2, 0) is 5.41 Å². The van der Waals surface area contributed by atoms with E-state index >= 15 is 0 Å². The van der Waals surface area contributed by atoms with Crippen molar-refractivity contribution in [3.05, 3.63) is 52.8 Å². The Kier molecular flexibility index (Phi) is 2.95. The smallest absolute Gasteiger partial charge is 0.356 e. The molecule has 0 saturated heterocycles. The van der Waals surface area contributed by atoms with Crippen LogP contribution in [0.2, 0.25) is 0 Å². The van der Waals surface area contributed by atoms with E-state index < -0.39 is 5.97 Å². The molecule has 0 amide bonds. The largest absolute Gasteiger partial charge is 0.476 e. The second-order valence-electron chi connectivity index (χ2n) is 4.96. The number of H-pyrrole nitrogens is 1. The number of carbonyl (C=O) groups is 1. The Morgan fingerprint density at radius 2 is 1.89 bits per heavy atom. The minimum absolute atomic E-state index is 0.0465. The standard InChI is InChI=1S/C14H16N2O2/c1-9-4-6-10(7-5-9)14(2,3)12-8-11(13(17)18)15-16-12/h4-8H,1-3H3,(H,15,16)(H,17,18). The second-order valence-corrected chi connectivity index (χ2v) is 4.96. The number of rotatable bonds is 3. The molecule has 4 heteroatoms. The molecule has 0 aliphatic carbocycles. The Morgan fingerprint density at radius 3 is 2.39 bits per heavy atom. The number of carboxylic acid groups (broad SMARTS) is 1. The molecule has 0 radical (unpaired) electrons. The Labute approximate surface area is 106 Å². The summed E-state index contributed by atoms with van der Waals surface area (Å²) in [5.74, 6) is -1.02. The lowest BCUT2D eigenvalue weighted by atomic mass is 9.81. The van der Waals surface area contributed by atoms with E-state index in [0.717, 1.165) is 11.3 Å². The van der Waals surface area contributed by atoms with E-state index in [-0.39, 0.29) is 11.1 Å². The molecule has 0 saturated carbocycles. The van der Waals surface area contributed by atoms with E-state index in [1.165, 1.54) is 5.56 Å². The first-order chi connectivity index (χ1) is 8.41. The third-order valence-corrected chi connectivity index (χ3v) is 3.24. The van der Waals surface area contributed by atoms with Crippen molar-refractivity contribution in [3.8, 4) is 0 Å². The predicted octanol–water partition coefficient (Wildman–Crippen LogP) is 2.74. The van der Waals surface area contributed by atoms with Crippen LogP contribution in [0.25, 0.3) is 0 Å². The highest BCUT2D eigenvalue weighted by molar-refractivity contribution is 5.85. The monoisotopic (exact) mass is 244 g/mol. The van der Waals surface area contributed by atoms with Gasteiger partial charge in [-0.3, -0.25) is 5.10 Å². The highest BCUT2D eigenvalue weighted by Gasteiger charge is 2.26. The fraction of sp³-hybridized carbons (Fsp3) is 0.286. The van der Waals surface area contributed by atoms with Crippen LogP contribution < -0.4 is 0 Å². The van der Waals surface area contributed by atoms with Crippen molar-refractivity contribution in [1.82, 2.24) is 10.2 Å². The molecule has 0 spiro atoms. The third kappa shape index (κ3) is 2.14. The average molecular weight is 244 g/mol. The van der Waals surface area contributed by atoms with Gasteiger partial charge >= 0.3 is 5.97 Å². The SMILES string of the molecule is Cc1ccc(C(C)(C)c2cc(C(=O)O)n[nH]2)cc1. The summed E-state index contributed by atoms with van der Waals surface area (Å²) in [5, 5.41) is 15.5. The van der Waals surface area contributed by atoms with Crippen LogP contribution >= 0.6 is 0 Å². The topological polar surface area (TPSA) is 66.0 Å². The van der Waals surface area contributed by atoms with Crippen LogP contribution in [0.3, 0.4) is 0 Å². The molecule has 0 unspecified atom stereocenters. The number of aromatic carboxylic acids is 1. The van der Waals surface area contributed by atoms with Crippen molar-refractivity contribution in [2.45, 2.75) is 26.2 Å². The first-order valence-electron chi connectivity index (χ1n) is 5.77. The molecule has 18 heavy (non-hydrogen) atoms. The first-order valence-corrected chi connectivity index (χ1v) is 5.77. The van der Waals surface area contributed by atoms with Crippen LogP contribution in [-0.4, -0.2) is 21.3 Å². The van der Waals surface area contributed by atoms with Crippen molar-refractivity contribution >= 4 is 5.97 Å². The van der Waals surface area contributed by atoms with Gasteiger partial charge in [-0.25, -0.2) is 4.79 Å². The van der Waals surface area contributed by atoms with E-state index in [1.807, 2.05) is 32.9 Å². The third-order valence-electron chi connectivity index (χ3n) is 3.24. The predicted molar refractivity (Wildman–Crippen MR) is 68.9 cm³/mol. The molecule has 2 aromatic rings. The molecule has 1 aromatic heterocycles. The van der Waals surface area contributed by atoms with Gasteiger partial charge in [-0.2, -0.15) is 5.10 Å². The maximum atomic E-state index is 10.8. The van der Waals surface area contributed by atoms with Gasteiger partial charge in [0.15, 0.2) is 5.69 Å². The van der Waals surface area contributed by atoms with Crippen LogP contribution in [0.4, 0.5) is 0 Å². The molecule has 4 nitrogen and oxygen atoms in total. The number of benzene rings is 1. The number of hydrogen-bond donors (Lipinski definition) is 2. The van der Waals surface area contributed by atoms with Crippen LogP contribution in [0.15, 0.2) is 30.3 Å². The maximum Gasteiger partial charge on any atom is 0.356 e. The second kappa shape index (κ2) is 4.29. The average Bonchev–Trinajstić information content (AvgIpc) is 2.79. The number of nitrogens with zero attached hydrogens (tertiary/aromatic N) is 1. The van der Waals surface area contributed by atoms with Gasteiger partial charge in [0.05, 0.1) is 0 Å². The van der Waals surface area contributed by atoms with E-state index in [0.29, 0.717) is 0 Å². The molecule has 0 bridgehead atoms. The Hall–Kier alpha value is -2.10. The number of aromatic amines is 1. The van der Waals surface area contributed by atoms with E-state index in [2.05, 4.69) is 22.3 Å². The van der Waals surface area contributed by atoms with Crippen molar-refractivity contribution in [3.63, 3.8) is 0 Å².